The van der Waals surface area contributed by atoms with Crippen molar-refractivity contribution in [1.82, 2.24) is 0 Å². The number of phosphoric acid groups is 1. The predicted molar refractivity (Wildman–Crippen MR) is 108 cm³/mol. The third-order valence-corrected chi connectivity index (χ3v) is 6.62. The molecule has 0 radical (unpaired) electrons. The zero-order chi connectivity index (χ0) is 22.6. The van der Waals surface area contributed by atoms with Crippen molar-refractivity contribution in [1.29, 1.82) is 0 Å². The van der Waals surface area contributed by atoms with Gasteiger partial charge in [-0.3, -0.25) is 4.57 Å². The summed E-state index contributed by atoms with van der Waals surface area (Å²) >= 11 is 0. The summed E-state index contributed by atoms with van der Waals surface area (Å²) in [6.45, 7) is 12.0. The highest BCUT2D eigenvalue weighted by atomic mass is 31.2. The Morgan fingerprint density at radius 2 is 1.80 bits per heavy atom. The van der Waals surface area contributed by atoms with E-state index in [1.807, 2.05) is 34.6 Å². The maximum absolute atomic E-state index is 12.5. The van der Waals surface area contributed by atoms with Gasteiger partial charge in [0, 0.05) is 12.3 Å². The summed E-state index contributed by atoms with van der Waals surface area (Å²) in [5, 5.41) is 0. The number of phosphoric ester groups is 1. The van der Waals surface area contributed by atoms with E-state index in [0.29, 0.717) is 26.0 Å². The van der Waals surface area contributed by atoms with Gasteiger partial charge in [-0.2, -0.15) is 0 Å². The number of hydrogen-bond donors (Lipinski definition) is 1. The summed E-state index contributed by atoms with van der Waals surface area (Å²) in [6.07, 6.45) is -1.73. The number of carbonyl (C=O) groups excluding carboxylic acids is 1. The van der Waals surface area contributed by atoms with Gasteiger partial charge in [-0.15, -0.1) is 0 Å². The van der Waals surface area contributed by atoms with Crippen LogP contribution < -0.4 is 10.6 Å². The SMILES string of the molecule is CC(C)OCC1C(OP(=O)([O-])OC(=O)C2OC(C)CC2OC(C)C)CC(C)C1CN. The van der Waals surface area contributed by atoms with Crippen LogP contribution in [0.15, 0.2) is 0 Å². The number of hydrogen-bond acceptors (Lipinski definition) is 9. The van der Waals surface area contributed by atoms with Gasteiger partial charge in [0.05, 0.1) is 37.1 Å². The van der Waals surface area contributed by atoms with E-state index in [1.165, 1.54) is 0 Å². The second-order valence-electron chi connectivity index (χ2n) is 8.99. The van der Waals surface area contributed by atoms with Crippen molar-refractivity contribution in [3.8, 4) is 0 Å². The molecule has 1 saturated carbocycles. The topological polar surface area (TPSA) is 129 Å². The lowest BCUT2D eigenvalue weighted by molar-refractivity contribution is -0.232. The van der Waals surface area contributed by atoms with Gasteiger partial charge in [0.15, 0.2) is 6.10 Å². The maximum Gasteiger partial charge on any atom is 0.343 e. The molecule has 2 fully saturated rings. The molecule has 1 saturated heterocycles. The first-order valence-electron chi connectivity index (χ1n) is 10.8. The zero-order valence-corrected chi connectivity index (χ0v) is 19.7. The summed E-state index contributed by atoms with van der Waals surface area (Å²) in [7, 11) is -4.91. The monoisotopic (exact) mass is 450 g/mol. The van der Waals surface area contributed by atoms with Gasteiger partial charge in [0.1, 0.15) is 0 Å². The first-order chi connectivity index (χ1) is 13.9. The van der Waals surface area contributed by atoms with Gasteiger partial charge in [-0.05, 0) is 59.4 Å². The molecule has 2 aliphatic rings. The van der Waals surface area contributed by atoms with Gasteiger partial charge in [0.25, 0.3) is 0 Å². The molecule has 0 bridgehead atoms. The van der Waals surface area contributed by atoms with Crippen molar-refractivity contribution < 1.29 is 37.5 Å². The fourth-order valence-corrected chi connectivity index (χ4v) is 5.30. The normalized spacial score (nSPS) is 36.4. The van der Waals surface area contributed by atoms with E-state index >= 15 is 0 Å². The quantitative estimate of drug-likeness (QED) is 0.497. The van der Waals surface area contributed by atoms with Crippen LogP contribution in [0.25, 0.3) is 0 Å². The van der Waals surface area contributed by atoms with Crippen molar-refractivity contribution >= 4 is 13.8 Å². The second kappa shape index (κ2) is 10.9. The van der Waals surface area contributed by atoms with Gasteiger partial charge in [0.2, 0.25) is 0 Å². The van der Waals surface area contributed by atoms with Gasteiger partial charge in [-0.25, -0.2) is 4.79 Å². The predicted octanol–water partition coefficient (Wildman–Crippen LogP) is 2.01. The average Bonchev–Trinajstić information content (AvgIpc) is 3.10. The van der Waals surface area contributed by atoms with E-state index in [0.717, 1.165) is 0 Å². The Morgan fingerprint density at radius 1 is 1.13 bits per heavy atom. The van der Waals surface area contributed by atoms with E-state index in [2.05, 4.69) is 0 Å². The van der Waals surface area contributed by atoms with Crippen LogP contribution in [0.3, 0.4) is 0 Å². The van der Waals surface area contributed by atoms with E-state index < -0.39 is 32.1 Å². The van der Waals surface area contributed by atoms with Crippen LogP contribution in [-0.2, 0) is 32.6 Å². The molecule has 176 valence electrons. The van der Waals surface area contributed by atoms with Crippen LogP contribution in [0, 0.1) is 17.8 Å². The molecule has 2 rings (SSSR count). The molecule has 1 heterocycles. The van der Waals surface area contributed by atoms with Crippen molar-refractivity contribution in [3.63, 3.8) is 0 Å². The maximum atomic E-state index is 12.5. The first kappa shape index (κ1) is 25.7. The van der Waals surface area contributed by atoms with E-state index in [9.17, 15) is 14.3 Å². The van der Waals surface area contributed by atoms with Crippen LogP contribution in [-0.4, -0.2) is 55.7 Å². The molecule has 10 heteroatoms. The van der Waals surface area contributed by atoms with Crippen molar-refractivity contribution in [2.24, 2.45) is 23.5 Å². The molecule has 9 nitrogen and oxygen atoms in total. The van der Waals surface area contributed by atoms with Crippen LogP contribution in [0.5, 0.6) is 0 Å². The lowest BCUT2D eigenvalue weighted by atomic mass is 9.91. The Hall–Kier alpha value is -0.540. The summed E-state index contributed by atoms with van der Waals surface area (Å²) in [4.78, 5) is 25.1. The Labute approximate surface area is 179 Å². The van der Waals surface area contributed by atoms with Crippen molar-refractivity contribution in [3.05, 3.63) is 0 Å². The third-order valence-electron chi connectivity index (χ3n) is 5.68. The molecule has 0 aromatic heterocycles. The average molecular weight is 450 g/mol. The number of ether oxygens (including phenoxy) is 3. The smallest absolute Gasteiger partial charge is 0.343 e. The number of carbonyl (C=O) groups is 1. The molecule has 0 aromatic carbocycles. The van der Waals surface area contributed by atoms with E-state index in [4.69, 9.17) is 29.0 Å². The van der Waals surface area contributed by atoms with E-state index in [1.54, 1.807) is 6.92 Å². The molecule has 0 spiro atoms. The Morgan fingerprint density at radius 3 is 2.37 bits per heavy atom. The van der Waals surface area contributed by atoms with Crippen molar-refractivity contribution in [2.75, 3.05) is 13.2 Å². The lowest BCUT2D eigenvalue weighted by Crippen LogP contribution is -2.37. The summed E-state index contributed by atoms with van der Waals surface area (Å²) < 4.78 is 39.6. The summed E-state index contributed by atoms with van der Waals surface area (Å²) in [5.41, 5.74) is 5.90. The molecule has 30 heavy (non-hydrogen) atoms. The summed E-state index contributed by atoms with van der Waals surface area (Å²) in [6, 6.07) is 0. The van der Waals surface area contributed by atoms with Gasteiger partial charge < -0.3 is 33.9 Å². The minimum Gasteiger partial charge on any atom is -0.746 e. The largest absolute Gasteiger partial charge is 0.746 e. The molecule has 0 aromatic rings. The Balaban J connectivity index is 2.03. The van der Waals surface area contributed by atoms with Gasteiger partial charge >= 0.3 is 13.8 Å². The molecular formula is C20H37NO8P-. The minimum atomic E-state index is -4.91. The molecule has 8 atom stereocenters. The van der Waals surface area contributed by atoms with Crippen LogP contribution in [0.4, 0.5) is 0 Å². The minimum absolute atomic E-state index is 0.00346. The van der Waals surface area contributed by atoms with Crippen LogP contribution in [0.2, 0.25) is 0 Å². The second-order valence-corrected chi connectivity index (χ2v) is 10.3. The number of nitrogens with two attached hydrogens (primary N) is 1. The standard InChI is InChI=1S/C20H38NO8P/c1-11(2)25-10-16-15(9-21)13(5)7-17(16)28-30(23,24)29-20(22)19-18(26-12(3)4)8-14(6)27-19/h11-19H,7-10,21H2,1-6H3,(H,23,24)/p-1. The fraction of sp³-hybridized carbons (Fsp3) is 0.950. The molecule has 2 N–H and O–H groups in total. The molecule has 1 aliphatic heterocycles. The van der Waals surface area contributed by atoms with Crippen LogP contribution in [0.1, 0.15) is 54.4 Å². The lowest BCUT2D eigenvalue weighted by Gasteiger charge is -2.31. The third kappa shape index (κ3) is 6.99. The molecule has 0 amide bonds. The number of rotatable bonds is 10. The zero-order valence-electron chi connectivity index (χ0n) is 18.8. The molecule has 1 aliphatic carbocycles. The fourth-order valence-electron chi connectivity index (χ4n) is 4.35. The first-order valence-corrected chi connectivity index (χ1v) is 12.2. The van der Waals surface area contributed by atoms with Crippen LogP contribution >= 0.6 is 7.82 Å². The Kier molecular flexibility index (Phi) is 9.31. The highest BCUT2D eigenvalue weighted by molar-refractivity contribution is 7.46. The molecular weight excluding hydrogens is 413 g/mol. The highest BCUT2D eigenvalue weighted by Gasteiger charge is 2.45. The van der Waals surface area contributed by atoms with Crippen molar-refractivity contribution in [2.45, 2.75) is 91.0 Å². The van der Waals surface area contributed by atoms with E-state index in [-0.39, 0.29) is 36.1 Å². The Bertz CT molecular complexity index is 616. The summed E-state index contributed by atoms with van der Waals surface area (Å²) in [5.74, 6) is -0.987. The van der Waals surface area contributed by atoms with Gasteiger partial charge in [-0.1, -0.05) is 6.92 Å². The highest BCUT2D eigenvalue weighted by Crippen LogP contribution is 2.48. The molecule has 8 unspecified atom stereocenters.